The summed E-state index contributed by atoms with van der Waals surface area (Å²) in [6.45, 7) is 9.26. The standard InChI is InChI=1S/C25H29N5O3S/c1-15(2)14-28-24(23(27-25(28)34)20-8-6-7-11-26-20)19-12-16(3)29(17(19)4)21-10-9-18(30(31)32)13-22(21)33-5/h6-13,15,23-24H,14H2,1-5H3,(H,27,34)/t23-,24-/m0/s1. The molecular weight excluding hydrogens is 450 g/mol. The second kappa shape index (κ2) is 9.42. The van der Waals surface area contributed by atoms with Gasteiger partial charge in [0.25, 0.3) is 5.69 Å². The Morgan fingerprint density at radius 1 is 1.24 bits per heavy atom. The quantitative estimate of drug-likeness (QED) is 0.289. The molecule has 0 saturated carbocycles. The zero-order valence-electron chi connectivity index (χ0n) is 20.0. The van der Waals surface area contributed by atoms with E-state index in [1.165, 1.54) is 19.2 Å². The summed E-state index contributed by atoms with van der Waals surface area (Å²) >= 11 is 5.76. The highest BCUT2D eigenvalue weighted by molar-refractivity contribution is 7.80. The highest BCUT2D eigenvalue weighted by Gasteiger charge is 2.41. The summed E-state index contributed by atoms with van der Waals surface area (Å²) < 4.78 is 7.62. The molecule has 34 heavy (non-hydrogen) atoms. The van der Waals surface area contributed by atoms with Gasteiger partial charge in [0.15, 0.2) is 5.11 Å². The lowest BCUT2D eigenvalue weighted by Gasteiger charge is -2.29. The van der Waals surface area contributed by atoms with E-state index in [-0.39, 0.29) is 17.8 Å². The van der Waals surface area contributed by atoms with E-state index in [4.69, 9.17) is 17.0 Å². The van der Waals surface area contributed by atoms with Crippen LogP contribution >= 0.6 is 12.2 Å². The Morgan fingerprint density at radius 2 is 2.00 bits per heavy atom. The molecule has 1 fully saturated rings. The van der Waals surface area contributed by atoms with Gasteiger partial charge in [-0.15, -0.1) is 0 Å². The minimum absolute atomic E-state index is 0.00745. The highest BCUT2D eigenvalue weighted by atomic mass is 32.1. The summed E-state index contributed by atoms with van der Waals surface area (Å²) in [5.74, 6) is 0.867. The molecule has 0 unspecified atom stereocenters. The summed E-state index contributed by atoms with van der Waals surface area (Å²) in [6, 6.07) is 12.6. The van der Waals surface area contributed by atoms with E-state index >= 15 is 0 Å². The fourth-order valence-electron chi connectivity index (χ4n) is 4.76. The van der Waals surface area contributed by atoms with Gasteiger partial charge in [-0.1, -0.05) is 19.9 Å². The van der Waals surface area contributed by atoms with E-state index < -0.39 is 4.92 Å². The number of rotatable bonds is 7. The van der Waals surface area contributed by atoms with E-state index in [1.54, 1.807) is 12.3 Å². The van der Waals surface area contributed by atoms with Crippen LogP contribution in [-0.4, -0.2) is 38.1 Å². The van der Waals surface area contributed by atoms with Gasteiger partial charge >= 0.3 is 0 Å². The van der Waals surface area contributed by atoms with Crippen LogP contribution in [0, 0.1) is 29.9 Å². The van der Waals surface area contributed by atoms with Gasteiger partial charge in [0.05, 0.1) is 41.6 Å². The second-order valence-electron chi connectivity index (χ2n) is 8.95. The average molecular weight is 480 g/mol. The Morgan fingerprint density at radius 3 is 2.62 bits per heavy atom. The van der Waals surface area contributed by atoms with Crippen molar-refractivity contribution in [1.29, 1.82) is 0 Å². The molecule has 2 atom stereocenters. The van der Waals surface area contributed by atoms with Crippen LogP contribution in [0.5, 0.6) is 5.75 Å². The Labute approximate surface area is 204 Å². The number of thiocarbonyl (C=S) groups is 1. The summed E-state index contributed by atoms with van der Waals surface area (Å²) in [5, 5.41) is 15.5. The zero-order chi connectivity index (χ0) is 24.6. The van der Waals surface area contributed by atoms with Crippen LogP contribution in [0.15, 0.2) is 48.7 Å². The van der Waals surface area contributed by atoms with Crippen LogP contribution in [0.2, 0.25) is 0 Å². The van der Waals surface area contributed by atoms with Crippen molar-refractivity contribution >= 4 is 23.0 Å². The third-order valence-corrected chi connectivity index (χ3v) is 6.52. The lowest BCUT2D eigenvalue weighted by molar-refractivity contribution is -0.384. The largest absolute Gasteiger partial charge is 0.494 e. The number of ether oxygens (including phenoxy) is 1. The first-order valence-corrected chi connectivity index (χ1v) is 11.6. The molecule has 178 valence electrons. The van der Waals surface area contributed by atoms with Gasteiger partial charge in [0.2, 0.25) is 0 Å². The van der Waals surface area contributed by atoms with Gasteiger partial charge in [0.1, 0.15) is 5.75 Å². The predicted octanol–water partition coefficient (Wildman–Crippen LogP) is 5.03. The number of pyridine rings is 1. The molecule has 1 saturated heterocycles. The summed E-state index contributed by atoms with van der Waals surface area (Å²) in [6.07, 6.45) is 1.80. The summed E-state index contributed by atoms with van der Waals surface area (Å²) in [4.78, 5) is 17.7. The Hall–Kier alpha value is -3.46. The molecule has 4 rings (SSSR count). The van der Waals surface area contributed by atoms with Gasteiger partial charge in [-0.05, 0) is 61.8 Å². The van der Waals surface area contributed by atoms with Crippen molar-refractivity contribution in [1.82, 2.24) is 19.8 Å². The fourth-order valence-corrected chi connectivity index (χ4v) is 5.07. The van der Waals surface area contributed by atoms with Gasteiger partial charge in [0, 0.05) is 30.2 Å². The summed E-state index contributed by atoms with van der Waals surface area (Å²) in [7, 11) is 1.53. The zero-order valence-corrected chi connectivity index (χ0v) is 20.8. The van der Waals surface area contributed by atoms with Crippen LogP contribution in [0.1, 0.15) is 48.6 Å². The number of non-ortho nitro benzene ring substituents is 1. The predicted molar refractivity (Wildman–Crippen MR) is 135 cm³/mol. The van der Waals surface area contributed by atoms with E-state index in [0.717, 1.165) is 34.9 Å². The molecule has 3 aromatic rings. The minimum Gasteiger partial charge on any atom is -0.494 e. The molecule has 0 spiro atoms. The third-order valence-electron chi connectivity index (χ3n) is 6.16. The van der Waals surface area contributed by atoms with Gasteiger partial charge in [-0.3, -0.25) is 15.1 Å². The molecule has 2 aromatic heterocycles. The number of nitrogens with zero attached hydrogens (tertiary/aromatic N) is 4. The second-order valence-corrected chi connectivity index (χ2v) is 9.33. The Bertz CT molecular complexity index is 1220. The molecule has 0 radical (unpaired) electrons. The maximum atomic E-state index is 11.3. The maximum absolute atomic E-state index is 11.3. The van der Waals surface area contributed by atoms with Crippen molar-refractivity contribution in [2.45, 2.75) is 39.8 Å². The first-order valence-electron chi connectivity index (χ1n) is 11.2. The van der Waals surface area contributed by atoms with Gasteiger partial charge in [-0.2, -0.15) is 0 Å². The van der Waals surface area contributed by atoms with Crippen molar-refractivity contribution in [3.05, 3.63) is 81.4 Å². The number of methoxy groups -OCH3 is 1. The SMILES string of the molecule is COc1cc([N+](=O)[O-])ccc1-n1c(C)cc([C@H]2[C@H](c3ccccn3)NC(=S)N2CC(C)C)c1C. The molecule has 8 nitrogen and oxygen atoms in total. The van der Waals surface area contributed by atoms with E-state index in [2.05, 4.69) is 46.6 Å². The third kappa shape index (κ3) is 4.23. The molecule has 9 heteroatoms. The Balaban J connectivity index is 1.85. The smallest absolute Gasteiger partial charge is 0.273 e. The van der Waals surface area contributed by atoms with Gasteiger partial charge in [-0.25, -0.2) is 0 Å². The van der Waals surface area contributed by atoms with E-state index in [9.17, 15) is 10.1 Å². The van der Waals surface area contributed by atoms with Crippen molar-refractivity contribution < 1.29 is 9.66 Å². The average Bonchev–Trinajstić information content (AvgIpc) is 3.28. The van der Waals surface area contributed by atoms with E-state index in [0.29, 0.717) is 16.8 Å². The van der Waals surface area contributed by atoms with E-state index in [1.807, 2.05) is 25.1 Å². The number of hydrogen-bond donors (Lipinski definition) is 1. The molecule has 1 aromatic carbocycles. The fraction of sp³-hybridized carbons (Fsp3) is 0.360. The van der Waals surface area contributed by atoms with Crippen molar-refractivity contribution in [2.75, 3.05) is 13.7 Å². The van der Waals surface area contributed by atoms with Crippen molar-refractivity contribution in [3.63, 3.8) is 0 Å². The molecule has 1 aliphatic rings. The van der Waals surface area contributed by atoms with Crippen LogP contribution < -0.4 is 10.1 Å². The minimum atomic E-state index is -0.417. The maximum Gasteiger partial charge on any atom is 0.273 e. The molecule has 3 heterocycles. The number of nitrogens with one attached hydrogen (secondary N) is 1. The lowest BCUT2D eigenvalue weighted by Crippen LogP contribution is -2.33. The Kier molecular flexibility index (Phi) is 6.56. The van der Waals surface area contributed by atoms with Gasteiger partial charge < -0.3 is 19.5 Å². The number of nitro groups is 1. The molecule has 0 bridgehead atoms. The molecule has 1 N–H and O–H groups in total. The van der Waals surface area contributed by atoms with Crippen LogP contribution in [0.4, 0.5) is 5.69 Å². The topological polar surface area (TPSA) is 85.5 Å². The molecular formula is C25H29N5O3S. The number of benzene rings is 1. The van der Waals surface area contributed by atoms with Crippen LogP contribution in [0.3, 0.4) is 0 Å². The normalized spacial score (nSPS) is 17.8. The first kappa shape index (κ1) is 23.7. The summed E-state index contributed by atoms with van der Waals surface area (Å²) in [5.41, 5.74) is 4.83. The monoisotopic (exact) mass is 479 g/mol. The number of nitro benzene ring substituents is 1. The first-order chi connectivity index (χ1) is 16.2. The highest BCUT2D eigenvalue weighted by Crippen LogP contribution is 2.42. The molecule has 0 aliphatic carbocycles. The van der Waals surface area contributed by atoms with Crippen molar-refractivity contribution in [3.8, 4) is 11.4 Å². The molecule has 1 aliphatic heterocycles. The van der Waals surface area contributed by atoms with Crippen LogP contribution in [0.25, 0.3) is 5.69 Å². The number of aromatic nitrogens is 2. The van der Waals surface area contributed by atoms with Crippen LogP contribution in [-0.2, 0) is 0 Å². The molecule has 0 amide bonds. The number of aryl methyl sites for hydroxylation is 1. The lowest BCUT2D eigenvalue weighted by atomic mass is 9.96. The van der Waals surface area contributed by atoms with Crippen molar-refractivity contribution in [2.24, 2.45) is 5.92 Å². The number of hydrogen-bond acceptors (Lipinski definition) is 5.